The SMILES string of the molecule is Cc1ccc(C)c(Sc2cccc(C(N)=NO)n2)c1. The lowest BCUT2D eigenvalue weighted by atomic mass is 10.2. The number of rotatable bonds is 3. The zero-order valence-corrected chi connectivity index (χ0v) is 11.6. The van der Waals surface area contributed by atoms with Gasteiger partial charge in [0, 0.05) is 4.90 Å². The van der Waals surface area contributed by atoms with Crippen molar-refractivity contribution in [2.45, 2.75) is 23.8 Å². The predicted molar refractivity (Wildman–Crippen MR) is 76.8 cm³/mol. The van der Waals surface area contributed by atoms with Crippen LogP contribution in [-0.4, -0.2) is 16.0 Å². The zero-order valence-electron chi connectivity index (χ0n) is 10.8. The second-order valence-electron chi connectivity index (χ2n) is 4.22. The molecule has 0 aliphatic carbocycles. The Kier molecular flexibility index (Phi) is 4.06. The average Bonchev–Trinajstić information content (AvgIpc) is 2.42. The van der Waals surface area contributed by atoms with Crippen molar-refractivity contribution in [1.82, 2.24) is 4.98 Å². The molecule has 5 heteroatoms. The lowest BCUT2D eigenvalue weighted by Gasteiger charge is -2.07. The van der Waals surface area contributed by atoms with E-state index in [0.29, 0.717) is 5.69 Å². The molecule has 1 heterocycles. The van der Waals surface area contributed by atoms with Gasteiger partial charge < -0.3 is 10.9 Å². The van der Waals surface area contributed by atoms with E-state index in [2.05, 4.69) is 42.2 Å². The molecule has 0 aliphatic heterocycles. The van der Waals surface area contributed by atoms with E-state index in [1.165, 1.54) is 11.1 Å². The van der Waals surface area contributed by atoms with Gasteiger partial charge in [-0.05, 0) is 43.2 Å². The number of hydrogen-bond acceptors (Lipinski definition) is 4. The van der Waals surface area contributed by atoms with Gasteiger partial charge in [-0.2, -0.15) is 0 Å². The third-order valence-corrected chi connectivity index (χ3v) is 3.75. The first-order valence-corrected chi connectivity index (χ1v) is 6.62. The molecule has 98 valence electrons. The minimum absolute atomic E-state index is 0.0171. The van der Waals surface area contributed by atoms with E-state index in [4.69, 9.17) is 10.9 Å². The summed E-state index contributed by atoms with van der Waals surface area (Å²) in [7, 11) is 0. The highest BCUT2D eigenvalue weighted by Crippen LogP contribution is 2.29. The highest BCUT2D eigenvalue weighted by molar-refractivity contribution is 7.99. The number of pyridine rings is 1. The van der Waals surface area contributed by atoms with Gasteiger partial charge in [0.15, 0.2) is 5.84 Å². The lowest BCUT2D eigenvalue weighted by molar-refractivity contribution is 0.318. The van der Waals surface area contributed by atoms with E-state index in [0.717, 1.165) is 9.92 Å². The van der Waals surface area contributed by atoms with Gasteiger partial charge in [-0.25, -0.2) is 4.98 Å². The summed E-state index contributed by atoms with van der Waals surface area (Å²) in [5.41, 5.74) is 8.42. The standard InChI is InChI=1S/C14H15N3OS/c1-9-6-7-10(2)12(8-9)19-13-5-3-4-11(16-13)14(15)17-18/h3-8,18H,1-2H3,(H2,15,17). The third kappa shape index (κ3) is 3.26. The quantitative estimate of drug-likeness (QED) is 0.390. The molecule has 2 aromatic rings. The van der Waals surface area contributed by atoms with Crippen molar-refractivity contribution >= 4 is 17.6 Å². The number of oxime groups is 1. The Labute approximate surface area is 116 Å². The van der Waals surface area contributed by atoms with Crippen molar-refractivity contribution < 1.29 is 5.21 Å². The van der Waals surface area contributed by atoms with Crippen LogP contribution in [0.2, 0.25) is 0 Å². The normalized spacial score (nSPS) is 11.6. The van der Waals surface area contributed by atoms with Gasteiger partial charge in [0.1, 0.15) is 10.7 Å². The van der Waals surface area contributed by atoms with Crippen LogP contribution in [0.4, 0.5) is 0 Å². The Morgan fingerprint density at radius 1 is 1.26 bits per heavy atom. The van der Waals surface area contributed by atoms with Crippen LogP contribution < -0.4 is 5.73 Å². The topological polar surface area (TPSA) is 71.5 Å². The fourth-order valence-electron chi connectivity index (χ4n) is 1.60. The van der Waals surface area contributed by atoms with E-state index in [1.54, 1.807) is 17.8 Å². The summed E-state index contributed by atoms with van der Waals surface area (Å²) in [6, 6.07) is 11.7. The molecule has 3 N–H and O–H groups in total. The van der Waals surface area contributed by atoms with E-state index < -0.39 is 0 Å². The number of aryl methyl sites for hydroxylation is 2. The molecule has 0 spiro atoms. The molecule has 0 saturated carbocycles. The minimum Gasteiger partial charge on any atom is -0.409 e. The van der Waals surface area contributed by atoms with Crippen molar-refractivity contribution in [3.8, 4) is 0 Å². The Morgan fingerprint density at radius 3 is 2.79 bits per heavy atom. The summed E-state index contributed by atoms with van der Waals surface area (Å²) in [4.78, 5) is 5.51. The number of hydrogen-bond donors (Lipinski definition) is 2. The second-order valence-corrected chi connectivity index (χ2v) is 5.28. The van der Waals surface area contributed by atoms with Gasteiger partial charge in [0.2, 0.25) is 0 Å². The summed E-state index contributed by atoms with van der Waals surface area (Å²) in [5, 5.41) is 12.4. The number of nitrogens with two attached hydrogens (primary N) is 1. The molecule has 1 aromatic carbocycles. The molecule has 0 unspecified atom stereocenters. The maximum Gasteiger partial charge on any atom is 0.188 e. The Bertz CT molecular complexity index is 626. The lowest BCUT2D eigenvalue weighted by Crippen LogP contribution is -2.14. The average molecular weight is 273 g/mol. The first-order valence-electron chi connectivity index (χ1n) is 5.80. The van der Waals surface area contributed by atoms with Crippen LogP contribution in [0, 0.1) is 13.8 Å². The zero-order chi connectivity index (χ0) is 13.8. The van der Waals surface area contributed by atoms with E-state index >= 15 is 0 Å². The molecule has 19 heavy (non-hydrogen) atoms. The molecule has 0 atom stereocenters. The third-order valence-electron chi connectivity index (χ3n) is 2.65. The molecular formula is C14H15N3OS. The summed E-state index contributed by atoms with van der Waals surface area (Å²) in [6.45, 7) is 4.12. The first-order chi connectivity index (χ1) is 9.10. The number of benzene rings is 1. The highest BCUT2D eigenvalue weighted by Gasteiger charge is 2.06. The van der Waals surface area contributed by atoms with Gasteiger partial charge in [-0.1, -0.05) is 35.1 Å². The Morgan fingerprint density at radius 2 is 2.05 bits per heavy atom. The van der Waals surface area contributed by atoms with Crippen LogP contribution in [0.15, 0.2) is 51.5 Å². The summed E-state index contributed by atoms with van der Waals surface area (Å²) in [5.74, 6) is 0.0171. The van der Waals surface area contributed by atoms with Gasteiger partial charge in [0.05, 0.1) is 0 Å². The summed E-state index contributed by atoms with van der Waals surface area (Å²) in [6.07, 6.45) is 0. The summed E-state index contributed by atoms with van der Waals surface area (Å²) < 4.78 is 0. The van der Waals surface area contributed by atoms with E-state index in [-0.39, 0.29) is 5.84 Å². The van der Waals surface area contributed by atoms with Crippen LogP contribution in [0.1, 0.15) is 16.8 Å². The van der Waals surface area contributed by atoms with Crippen molar-refractivity contribution in [1.29, 1.82) is 0 Å². The number of nitrogens with zero attached hydrogens (tertiary/aromatic N) is 2. The van der Waals surface area contributed by atoms with E-state index in [1.807, 2.05) is 12.1 Å². The number of aromatic nitrogens is 1. The monoisotopic (exact) mass is 273 g/mol. The number of amidine groups is 1. The van der Waals surface area contributed by atoms with Gasteiger partial charge in [-0.3, -0.25) is 0 Å². The molecule has 2 rings (SSSR count). The molecule has 0 fully saturated rings. The van der Waals surface area contributed by atoms with Crippen molar-refractivity contribution in [2.75, 3.05) is 0 Å². The van der Waals surface area contributed by atoms with Crippen LogP contribution in [0.5, 0.6) is 0 Å². The molecule has 4 nitrogen and oxygen atoms in total. The van der Waals surface area contributed by atoms with Crippen LogP contribution >= 0.6 is 11.8 Å². The van der Waals surface area contributed by atoms with Crippen LogP contribution in [0.25, 0.3) is 0 Å². The Hall–Kier alpha value is -2.01. The van der Waals surface area contributed by atoms with Gasteiger partial charge in [0.25, 0.3) is 0 Å². The molecule has 0 aliphatic rings. The predicted octanol–water partition coefficient (Wildman–Crippen LogP) is 2.94. The Balaban J connectivity index is 2.31. The molecule has 0 radical (unpaired) electrons. The molecule has 0 amide bonds. The maximum atomic E-state index is 8.67. The fourth-order valence-corrected chi connectivity index (χ4v) is 2.59. The minimum atomic E-state index is 0.0171. The smallest absolute Gasteiger partial charge is 0.188 e. The van der Waals surface area contributed by atoms with Gasteiger partial charge >= 0.3 is 0 Å². The second kappa shape index (κ2) is 5.75. The van der Waals surface area contributed by atoms with Crippen molar-refractivity contribution in [3.05, 3.63) is 53.2 Å². The van der Waals surface area contributed by atoms with Gasteiger partial charge in [-0.15, -0.1) is 0 Å². The molecular weight excluding hydrogens is 258 g/mol. The fraction of sp³-hybridized carbons (Fsp3) is 0.143. The maximum absolute atomic E-state index is 8.67. The molecule has 0 saturated heterocycles. The van der Waals surface area contributed by atoms with Crippen LogP contribution in [0.3, 0.4) is 0 Å². The highest BCUT2D eigenvalue weighted by atomic mass is 32.2. The molecule has 0 bridgehead atoms. The van der Waals surface area contributed by atoms with E-state index in [9.17, 15) is 0 Å². The summed E-state index contributed by atoms with van der Waals surface area (Å²) >= 11 is 1.57. The van der Waals surface area contributed by atoms with Crippen molar-refractivity contribution in [3.63, 3.8) is 0 Å². The first kappa shape index (κ1) is 13.4. The largest absolute Gasteiger partial charge is 0.409 e. The molecule has 1 aromatic heterocycles. The van der Waals surface area contributed by atoms with Crippen molar-refractivity contribution in [2.24, 2.45) is 10.9 Å². The van der Waals surface area contributed by atoms with Crippen LogP contribution in [-0.2, 0) is 0 Å².